The monoisotopic (exact) mass is 349 g/mol. The Hall–Kier alpha value is -1.66. The molecule has 0 aliphatic carbocycles. The van der Waals surface area contributed by atoms with E-state index in [1.165, 1.54) is 0 Å². The largest absolute Gasteiger partial charge is 0.508 e. The van der Waals surface area contributed by atoms with Crippen LogP contribution in [0.1, 0.15) is 50.1 Å². The summed E-state index contributed by atoms with van der Waals surface area (Å²) in [7, 11) is 0. The molecule has 0 spiro atoms. The van der Waals surface area contributed by atoms with Gasteiger partial charge in [0, 0.05) is 17.5 Å². The topological polar surface area (TPSA) is 67.1 Å². The van der Waals surface area contributed by atoms with Crippen molar-refractivity contribution < 1.29 is 5.11 Å². The summed E-state index contributed by atoms with van der Waals surface area (Å²) in [4.78, 5) is 3.96. The molecule has 3 rings (SSSR count). The van der Waals surface area contributed by atoms with Crippen molar-refractivity contribution in [2.75, 3.05) is 13.1 Å². The molecule has 24 heavy (non-hydrogen) atoms. The maximum atomic E-state index is 10.2. The number of hydrogen-bond donors (Lipinski definition) is 1. The SMILES string of the molecule is Cc1cc(C2CCN(Cc3nnn(C(C)(C)C)n3)C2)c(O)cc1Cl. The molecule has 130 valence electrons. The highest BCUT2D eigenvalue weighted by molar-refractivity contribution is 6.31. The molecule has 0 radical (unpaired) electrons. The first-order valence-corrected chi connectivity index (χ1v) is 8.62. The number of phenols is 1. The molecule has 2 heterocycles. The summed E-state index contributed by atoms with van der Waals surface area (Å²) in [6.07, 6.45) is 1.00. The second-order valence-electron chi connectivity index (χ2n) is 7.55. The van der Waals surface area contributed by atoms with Crippen LogP contribution in [0.5, 0.6) is 5.75 Å². The van der Waals surface area contributed by atoms with Crippen LogP contribution in [-0.4, -0.2) is 43.3 Å². The highest BCUT2D eigenvalue weighted by Crippen LogP contribution is 2.36. The summed E-state index contributed by atoms with van der Waals surface area (Å²) in [6.45, 7) is 10.6. The van der Waals surface area contributed by atoms with E-state index < -0.39 is 0 Å². The minimum absolute atomic E-state index is 0.161. The van der Waals surface area contributed by atoms with Gasteiger partial charge in [0.25, 0.3) is 0 Å². The number of aromatic nitrogens is 4. The van der Waals surface area contributed by atoms with Crippen LogP contribution in [0, 0.1) is 6.92 Å². The molecule has 0 amide bonds. The predicted molar refractivity (Wildman–Crippen MR) is 93.3 cm³/mol. The first-order valence-electron chi connectivity index (χ1n) is 8.25. The second-order valence-corrected chi connectivity index (χ2v) is 7.95. The summed E-state index contributed by atoms with van der Waals surface area (Å²) in [5.74, 6) is 1.33. The Morgan fingerprint density at radius 3 is 2.75 bits per heavy atom. The molecule has 0 bridgehead atoms. The molecule has 7 heteroatoms. The van der Waals surface area contributed by atoms with Crippen molar-refractivity contribution in [2.24, 2.45) is 0 Å². The fraction of sp³-hybridized carbons (Fsp3) is 0.588. The zero-order valence-corrected chi connectivity index (χ0v) is 15.4. The lowest BCUT2D eigenvalue weighted by Gasteiger charge is -2.17. The number of phenolic OH excluding ortho intramolecular Hbond substituents is 1. The van der Waals surface area contributed by atoms with E-state index in [0.717, 1.165) is 36.5 Å². The Balaban J connectivity index is 1.68. The Morgan fingerprint density at radius 2 is 2.08 bits per heavy atom. The molecule has 0 saturated carbocycles. The zero-order chi connectivity index (χ0) is 17.5. The van der Waals surface area contributed by atoms with Gasteiger partial charge in [-0.25, -0.2) is 0 Å². The number of rotatable bonds is 3. The van der Waals surface area contributed by atoms with Crippen LogP contribution in [0.3, 0.4) is 0 Å². The van der Waals surface area contributed by atoms with Crippen molar-refractivity contribution in [3.05, 3.63) is 34.1 Å². The molecule has 1 aromatic heterocycles. The summed E-state index contributed by atoms with van der Waals surface area (Å²) < 4.78 is 0. The standard InChI is InChI=1S/C17H24ClN5O/c1-11-7-13(15(24)8-14(11)18)12-5-6-22(9-12)10-16-19-21-23(20-16)17(2,3)4/h7-8,12,24H,5-6,9-10H2,1-4H3. The first kappa shape index (κ1) is 17.2. The number of likely N-dealkylation sites (tertiary alicyclic amines) is 1. The third-order valence-corrected chi connectivity index (χ3v) is 4.85. The van der Waals surface area contributed by atoms with Gasteiger partial charge in [-0.2, -0.15) is 4.80 Å². The molecule has 1 unspecified atom stereocenters. The number of halogens is 1. The van der Waals surface area contributed by atoms with E-state index in [4.69, 9.17) is 11.6 Å². The fourth-order valence-electron chi connectivity index (χ4n) is 3.04. The molecule has 2 aromatic rings. The van der Waals surface area contributed by atoms with Gasteiger partial charge in [-0.1, -0.05) is 17.7 Å². The van der Waals surface area contributed by atoms with Gasteiger partial charge < -0.3 is 5.11 Å². The first-order chi connectivity index (χ1) is 11.2. The molecule has 1 N–H and O–H groups in total. The van der Waals surface area contributed by atoms with Crippen LogP contribution in [0.25, 0.3) is 0 Å². The molecular formula is C17H24ClN5O. The molecule has 1 atom stereocenters. The normalized spacial score (nSPS) is 19.1. The number of hydrogen-bond acceptors (Lipinski definition) is 5. The molecule has 6 nitrogen and oxygen atoms in total. The highest BCUT2D eigenvalue weighted by atomic mass is 35.5. The van der Waals surface area contributed by atoms with E-state index >= 15 is 0 Å². The lowest BCUT2D eigenvalue weighted by molar-refractivity contribution is 0.295. The smallest absolute Gasteiger partial charge is 0.188 e. The van der Waals surface area contributed by atoms with Gasteiger partial charge in [0.05, 0.1) is 12.1 Å². The van der Waals surface area contributed by atoms with Crippen LogP contribution in [-0.2, 0) is 12.1 Å². The van der Waals surface area contributed by atoms with Crippen molar-refractivity contribution in [3.63, 3.8) is 0 Å². The van der Waals surface area contributed by atoms with E-state index in [2.05, 4.69) is 41.1 Å². The minimum atomic E-state index is -0.161. The van der Waals surface area contributed by atoms with Crippen molar-refractivity contribution in [1.82, 2.24) is 25.1 Å². The van der Waals surface area contributed by atoms with Gasteiger partial charge >= 0.3 is 0 Å². The quantitative estimate of drug-likeness (QED) is 0.922. The predicted octanol–water partition coefficient (Wildman–Crippen LogP) is 3.09. The Kier molecular flexibility index (Phi) is 4.53. The van der Waals surface area contributed by atoms with Gasteiger partial charge in [0.1, 0.15) is 5.75 Å². The minimum Gasteiger partial charge on any atom is -0.508 e. The van der Waals surface area contributed by atoms with Crippen LogP contribution in [0.2, 0.25) is 5.02 Å². The van der Waals surface area contributed by atoms with Crippen molar-refractivity contribution in [2.45, 2.75) is 52.1 Å². The van der Waals surface area contributed by atoms with Crippen molar-refractivity contribution in [1.29, 1.82) is 0 Å². The lowest BCUT2D eigenvalue weighted by atomic mass is 9.96. The molecular weight excluding hydrogens is 326 g/mol. The van der Waals surface area contributed by atoms with Crippen LogP contribution >= 0.6 is 11.6 Å². The van der Waals surface area contributed by atoms with Gasteiger partial charge in [-0.3, -0.25) is 4.90 Å². The van der Waals surface area contributed by atoms with Crippen molar-refractivity contribution in [3.8, 4) is 5.75 Å². The van der Waals surface area contributed by atoms with E-state index in [1.54, 1.807) is 10.9 Å². The number of benzene rings is 1. The van der Waals surface area contributed by atoms with E-state index in [9.17, 15) is 5.11 Å². The van der Waals surface area contributed by atoms with Crippen molar-refractivity contribution >= 4 is 11.6 Å². The summed E-state index contributed by atoms with van der Waals surface area (Å²) in [5.41, 5.74) is 1.81. The Morgan fingerprint density at radius 1 is 1.33 bits per heavy atom. The molecule has 1 aliphatic rings. The summed E-state index contributed by atoms with van der Waals surface area (Å²) >= 11 is 6.07. The Labute approximate surface area is 147 Å². The van der Waals surface area contributed by atoms with Crippen LogP contribution < -0.4 is 0 Å². The molecule has 1 fully saturated rings. The molecule has 1 aliphatic heterocycles. The summed E-state index contributed by atoms with van der Waals surface area (Å²) in [5, 5.41) is 23.6. The average molecular weight is 350 g/mol. The maximum absolute atomic E-state index is 10.2. The third-order valence-electron chi connectivity index (χ3n) is 4.44. The van der Waals surface area contributed by atoms with Gasteiger partial charge in [-0.05, 0) is 63.1 Å². The summed E-state index contributed by atoms with van der Waals surface area (Å²) in [6, 6.07) is 3.64. The number of aromatic hydroxyl groups is 1. The number of nitrogens with zero attached hydrogens (tertiary/aromatic N) is 5. The number of tetrazole rings is 1. The van der Waals surface area contributed by atoms with E-state index in [0.29, 0.717) is 17.5 Å². The third kappa shape index (κ3) is 3.54. The fourth-order valence-corrected chi connectivity index (χ4v) is 3.20. The maximum Gasteiger partial charge on any atom is 0.188 e. The zero-order valence-electron chi connectivity index (χ0n) is 14.6. The van der Waals surface area contributed by atoms with Gasteiger partial charge in [0.15, 0.2) is 5.82 Å². The Bertz CT molecular complexity index is 737. The van der Waals surface area contributed by atoms with E-state index in [-0.39, 0.29) is 11.3 Å². The average Bonchev–Trinajstić information content (AvgIpc) is 3.12. The molecule has 1 saturated heterocycles. The highest BCUT2D eigenvalue weighted by Gasteiger charge is 2.27. The molecule has 1 aromatic carbocycles. The van der Waals surface area contributed by atoms with E-state index in [1.807, 2.05) is 13.0 Å². The second kappa shape index (κ2) is 6.33. The van der Waals surface area contributed by atoms with Crippen LogP contribution in [0.4, 0.5) is 0 Å². The lowest BCUT2D eigenvalue weighted by Crippen LogP contribution is -2.25. The van der Waals surface area contributed by atoms with Gasteiger partial charge in [0.2, 0.25) is 0 Å². The van der Waals surface area contributed by atoms with Crippen LogP contribution in [0.15, 0.2) is 12.1 Å². The number of aryl methyl sites for hydroxylation is 1. The van der Waals surface area contributed by atoms with Gasteiger partial charge in [-0.15, -0.1) is 10.2 Å².